The monoisotopic (exact) mass is 200 g/mol. The summed E-state index contributed by atoms with van der Waals surface area (Å²) in [4.78, 5) is 0. The zero-order chi connectivity index (χ0) is 10.5. The molecular formula is C13H12O2. The summed E-state index contributed by atoms with van der Waals surface area (Å²) < 4.78 is 10.9. The predicted octanol–water partition coefficient (Wildman–Crippen LogP) is 3.49. The van der Waals surface area contributed by atoms with E-state index in [4.69, 9.17) is 9.47 Å². The normalized spacial score (nSPS) is 9.67. The van der Waals surface area contributed by atoms with Gasteiger partial charge >= 0.3 is 0 Å². The van der Waals surface area contributed by atoms with Crippen molar-refractivity contribution in [2.45, 2.75) is 0 Å². The van der Waals surface area contributed by atoms with E-state index in [1.54, 1.807) is 7.11 Å². The molecule has 0 spiro atoms. The van der Waals surface area contributed by atoms with Gasteiger partial charge in [-0.15, -0.1) is 0 Å². The first kappa shape index (κ1) is 9.59. The molecule has 0 heterocycles. The summed E-state index contributed by atoms with van der Waals surface area (Å²) in [6, 6.07) is 17.2. The molecule has 15 heavy (non-hydrogen) atoms. The van der Waals surface area contributed by atoms with Crippen LogP contribution in [0.3, 0.4) is 0 Å². The summed E-state index contributed by atoms with van der Waals surface area (Å²) in [7, 11) is 1.63. The summed E-state index contributed by atoms with van der Waals surface area (Å²) in [6.45, 7) is 0. The van der Waals surface area contributed by atoms with Crippen molar-refractivity contribution in [1.82, 2.24) is 0 Å². The summed E-state index contributed by atoms with van der Waals surface area (Å²) in [5, 5.41) is 0. The summed E-state index contributed by atoms with van der Waals surface area (Å²) in [5.74, 6) is 2.27. The number of ether oxygens (including phenoxy) is 2. The van der Waals surface area contributed by atoms with Gasteiger partial charge in [-0.2, -0.15) is 0 Å². The zero-order valence-electron chi connectivity index (χ0n) is 8.51. The van der Waals surface area contributed by atoms with Crippen LogP contribution in [0, 0.1) is 0 Å². The average Bonchev–Trinajstić information content (AvgIpc) is 2.31. The average molecular weight is 200 g/mol. The lowest BCUT2D eigenvalue weighted by Gasteiger charge is -2.09. The molecule has 0 saturated carbocycles. The lowest BCUT2D eigenvalue weighted by Crippen LogP contribution is -1.89. The third kappa shape index (κ3) is 2.29. The molecular weight excluding hydrogens is 188 g/mol. The van der Waals surface area contributed by atoms with Crippen molar-refractivity contribution in [3.8, 4) is 17.2 Å². The highest BCUT2D eigenvalue weighted by Gasteiger charge is 2.02. The van der Waals surface area contributed by atoms with Crippen molar-refractivity contribution in [3.05, 3.63) is 54.6 Å². The second kappa shape index (κ2) is 4.51. The SMILES string of the molecule is COc1ccccc1Oc1ccccc1. The Morgan fingerprint density at radius 1 is 0.733 bits per heavy atom. The van der Waals surface area contributed by atoms with Crippen molar-refractivity contribution < 1.29 is 9.47 Å². The maximum Gasteiger partial charge on any atom is 0.169 e. The highest BCUT2D eigenvalue weighted by Crippen LogP contribution is 2.30. The first-order chi connectivity index (χ1) is 7.40. The number of para-hydroxylation sites is 3. The maximum absolute atomic E-state index is 5.68. The van der Waals surface area contributed by atoms with Gasteiger partial charge in [-0.3, -0.25) is 0 Å². The molecule has 2 heteroatoms. The highest BCUT2D eigenvalue weighted by molar-refractivity contribution is 5.42. The number of hydrogen-bond acceptors (Lipinski definition) is 2. The molecule has 2 aromatic carbocycles. The minimum absolute atomic E-state index is 0.728. The van der Waals surface area contributed by atoms with E-state index in [1.807, 2.05) is 54.6 Å². The lowest BCUT2D eigenvalue weighted by molar-refractivity contribution is 0.379. The molecule has 2 rings (SSSR count). The molecule has 0 aliphatic carbocycles. The molecule has 0 bridgehead atoms. The standard InChI is InChI=1S/C13H12O2/c1-14-12-9-5-6-10-13(12)15-11-7-3-2-4-8-11/h2-10H,1H3. The van der Waals surface area contributed by atoms with Gasteiger partial charge < -0.3 is 9.47 Å². The van der Waals surface area contributed by atoms with Gasteiger partial charge in [-0.1, -0.05) is 30.3 Å². The van der Waals surface area contributed by atoms with E-state index in [9.17, 15) is 0 Å². The van der Waals surface area contributed by atoms with Gasteiger partial charge in [0.25, 0.3) is 0 Å². The number of methoxy groups -OCH3 is 1. The van der Waals surface area contributed by atoms with Gasteiger partial charge in [0.2, 0.25) is 0 Å². The van der Waals surface area contributed by atoms with E-state index in [0.717, 1.165) is 17.2 Å². The van der Waals surface area contributed by atoms with Crippen molar-refractivity contribution in [3.63, 3.8) is 0 Å². The van der Waals surface area contributed by atoms with Gasteiger partial charge in [0.05, 0.1) is 7.11 Å². The van der Waals surface area contributed by atoms with Crippen LogP contribution < -0.4 is 9.47 Å². The topological polar surface area (TPSA) is 18.5 Å². The summed E-state index contributed by atoms with van der Waals surface area (Å²) in [5.41, 5.74) is 0. The Bertz CT molecular complexity index is 424. The molecule has 0 unspecified atom stereocenters. The van der Waals surface area contributed by atoms with Crippen LogP contribution in [0.4, 0.5) is 0 Å². The molecule has 0 aliphatic rings. The van der Waals surface area contributed by atoms with Crippen molar-refractivity contribution >= 4 is 0 Å². The molecule has 0 saturated heterocycles. The third-order valence-corrected chi connectivity index (χ3v) is 2.04. The molecule has 0 atom stereocenters. The Hall–Kier alpha value is -1.96. The van der Waals surface area contributed by atoms with Crippen LogP contribution in [0.15, 0.2) is 54.6 Å². The maximum atomic E-state index is 5.68. The fourth-order valence-corrected chi connectivity index (χ4v) is 1.32. The number of hydrogen-bond donors (Lipinski definition) is 0. The van der Waals surface area contributed by atoms with Crippen LogP contribution in [0.25, 0.3) is 0 Å². The Labute approximate surface area is 89.1 Å². The fraction of sp³-hybridized carbons (Fsp3) is 0.0769. The van der Waals surface area contributed by atoms with Crippen molar-refractivity contribution in [2.75, 3.05) is 7.11 Å². The van der Waals surface area contributed by atoms with Gasteiger partial charge in [0.1, 0.15) is 5.75 Å². The van der Waals surface area contributed by atoms with Crippen LogP contribution in [-0.2, 0) is 0 Å². The minimum atomic E-state index is 0.728. The Balaban J connectivity index is 2.24. The molecule has 0 N–H and O–H groups in total. The van der Waals surface area contributed by atoms with E-state index < -0.39 is 0 Å². The van der Waals surface area contributed by atoms with Crippen LogP contribution in [0.1, 0.15) is 0 Å². The highest BCUT2D eigenvalue weighted by atomic mass is 16.5. The zero-order valence-corrected chi connectivity index (χ0v) is 8.51. The van der Waals surface area contributed by atoms with Crippen LogP contribution in [-0.4, -0.2) is 7.11 Å². The van der Waals surface area contributed by atoms with Crippen molar-refractivity contribution in [2.24, 2.45) is 0 Å². The van der Waals surface area contributed by atoms with Crippen LogP contribution >= 0.6 is 0 Å². The Morgan fingerprint density at radius 2 is 1.33 bits per heavy atom. The van der Waals surface area contributed by atoms with E-state index in [2.05, 4.69) is 0 Å². The van der Waals surface area contributed by atoms with Gasteiger partial charge in [0.15, 0.2) is 11.5 Å². The third-order valence-electron chi connectivity index (χ3n) is 2.04. The fourth-order valence-electron chi connectivity index (χ4n) is 1.32. The minimum Gasteiger partial charge on any atom is -0.493 e. The number of rotatable bonds is 3. The van der Waals surface area contributed by atoms with E-state index in [-0.39, 0.29) is 0 Å². The molecule has 0 radical (unpaired) electrons. The van der Waals surface area contributed by atoms with Crippen molar-refractivity contribution in [1.29, 1.82) is 0 Å². The molecule has 2 aromatic rings. The second-order valence-electron chi connectivity index (χ2n) is 3.07. The lowest BCUT2D eigenvalue weighted by atomic mass is 10.3. The molecule has 0 aliphatic heterocycles. The molecule has 0 amide bonds. The van der Waals surface area contributed by atoms with E-state index in [1.165, 1.54) is 0 Å². The molecule has 2 nitrogen and oxygen atoms in total. The van der Waals surface area contributed by atoms with Crippen LogP contribution in [0.5, 0.6) is 17.2 Å². The molecule has 0 aromatic heterocycles. The largest absolute Gasteiger partial charge is 0.493 e. The Kier molecular flexibility index (Phi) is 2.88. The summed E-state index contributed by atoms with van der Waals surface area (Å²) in [6.07, 6.45) is 0. The van der Waals surface area contributed by atoms with E-state index >= 15 is 0 Å². The molecule has 0 fully saturated rings. The quantitative estimate of drug-likeness (QED) is 0.755. The van der Waals surface area contributed by atoms with Gasteiger partial charge in [0, 0.05) is 0 Å². The van der Waals surface area contributed by atoms with Gasteiger partial charge in [-0.05, 0) is 24.3 Å². The van der Waals surface area contributed by atoms with Gasteiger partial charge in [-0.25, -0.2) is 0 Å². The first-order valence-electron chi connectivity index (χ1n) is 4.76. The second-order valence-corrected chi connectivity index (χ2v) is 3.07. The smallest absolute Gasteiger partial charge is 0.169 e. The number of benzene rings is 2. The van der Waals surface area contributed by atoms with Crippen LogP contribution in [0.2, 0.25) is 0 Å². The van der Waals surface area contributed by atoms with E-state index in [0.29, 0.717) is 0 Å². The first-order valence-corrected chi connectivity index (χ1v) is 4.76. The Morgan fingerprint density at radius 3 is 2.00 bits per heavy atom. The molecule has 76 valence electrons. The summed E-state index contributed by atoms with van der Waals surface area (Å²) >= 11 is 0. The predicted molar refractivity (Wildman–Crippen MR) is 59.5 cm³/mol.